The van der Waals surface area contributed by atoms with Gasteiger partial charge in [0.05, 0.1) is 21.3 Å². The van der Waals surface area contributed by atoms with E-state index in [1.807, 2.05) is 0 Å². The molecule has 1 heterocycles. The molecule has 8 heteroatoms. The largest absolute Gasteiger partial charge is 0.496 e. The number of hydrogen-bond acceptors (Lipinski definition) is 6. The van der Waals surface area contributed by atoms with Crippen molar-refractivity contribution < 1.29 is 27.4 Å². The fourth-order valence-electron chi connectivity index (χ4n) is 2.59. The lowest BCUT2D eigenvalue weighted by Gasteiger charge is -2.27. The summed E-state index contributed by atoms with van der Waals surface area (Å²) in [6.07, 6.45) is 2.69. The molecule has 1 saturated heterocycles. The fourth-order valence-corrected chi connectivity index (χ4v) is 4.25. The molecule has 7 nitrogen and oxygen atoms in total. The zero-order valence-corrected chi connectivity index (χ0v) is 14.3. The van der Waals surface area contributed by atoms with E-state index >= 15 is 0 Å². The molecule has 128 valence electrons. The lowest BCUT2D eigenvalue weighted by molar-refractivity contribution is 0.0596. The van der Waals surface area contributed by atoms with Crippen LogP contribution in [0, 0.1) is 0 Å². The molecule has 0 spiro atoms. The molecule has 1 aromatic rings. The average Bonchev–Trinajstić information content (AvgIpc) is 2.60. The minimum absolute atomic E-state index is 0.00796. The Balaban J connectivity index is 2.55. The van der Waals surface area contributed by atoms with Gasteiger partial charge in [-0.05, 0) is 18.9 Å². The Morgan fingerprint density at radius 2 is 1.61 bits per heavy atom. The SMILES string of the molecule is COC(=O)c1cc(OC)c(S(=O)(=O)N2CCCCC2)cc1OC. The van der Waals surface area contributed by atoms with Gasteiger partial charge in [0.1, 0.15) is 22.0 Å². The summed E-state index contributed by atoms with van der Waals surface area (Å²) in [6, 6.07) is 2.65. The van der Waals surface area contributed by atoms with Crippen LogP contribution in [0.3, 0.4) is 0 Å². The lowest BCUT2D eigenvalue weighted by Crippen LogP contribution is -2.35. The Hall–Kier alpha value is -1.80. The third-order valence-corrected chi connectivity index (χ3v) is 5.74. The van der Waals surface area contributed by atoms with Crippen LogP contribution < -0.4 is 9.47 Å². The number of nitrogens with zero attached hydrogens (tertiary/aromatic N) is 1. The molecule has 1 aromatic carbocycles. The zero-order chi connectivity index (χ0) is 17.0. The maximum atomic E-state index is 12.9. The molecular weight excluding hydrogens is 322 g/mol. The first-order valence-corrected chi connectivity index (χ1v) is 8.74. The number of esters is 1. The number of hydrogen-bond donors (Lipinski definition) is 0. The minimum atomic E-state index is -3.71. The first-order valence-electron chi connectivity index (χ1n) is 7.30. The van der Waals surface area contributed by atoms with E-state index in [4.69, 9.17) is 9.47 Å². The van der Waals surface area contributed by atoms with Crippen LogP contribution in [-0.2, 0) is 14.8 Å². The standard InChI is InChI=1S/C15H21NO6S/c1-20-12-10-14(13(21-2)9-11(12)15(17)22-3)23(18,19)16-7-5-4-6-8-16/h9-10H,4-8H2,1-3H3. The summed E-state index contributed by atoms with van der Waals surface area (Å²) in [4.78, 5) is 11.8. The molecule has 0 amide bonds. The molecule has 0 N–H and O–H groups in total. The Bertz CT molecular complexity index is 679. The second-order valence-corrected chi connectivity index (χ2v) is 7.07. The smallest absolute Gasteiger partial charge is 0.341 e. The molecule has 0 saturated carbocycles. The molecule has 1 fully saturated rings. The van der Waals surface area contributed by atoms with Crippen molar-refractivity contribution in [2.24, 2.45) is 0 Å². The molecule has 0 bridgehead atoms. The van der Waals surface area contributed by atoms with Gasteiger partial charge in [0, 0.05) is 19.2 Å². The van der Waals surface area contributed by atoms with Gasteiger partial charge in [0.25, 0.3) is 0 Å². The van der Waals surface area contributed by atoms with Crippen molar-refractivity contribution in [2.75, 3.05) is 34.4 Å². The van der Waals surface area contributed by atoms with Crippen LogP contribution in [0.1, 0.15) is 29.6 Å². The van der Waals surface area contributed by atoms with Crippen LogP contribution in [-0.4, -0.2) is 53.1 Å². The molecule has 0 aliphatic carbocycles. The number of carbonyl (C=O) groups is 1. The van der Waals surface area contributed by atoms with Gasteiger partial charge in [0.15, 0.2) is 0 Å². The van der Waals surface area contributed by atoms with Gasteiger partial charge < -0.3 is 14.2 Å². The van der Waals surface area contributed by atoms with E-state index in [0.29, 0.717) is 13.1 Å². The molecular formula is C15H21NO6S. The summed E-state index contributed by atoms with van der Waals surface area (Å²) >= 11 is 0. The van der Waals surface area contributed by atoms with Crippen LogP contribution in [0.15, 0.2) is 17.0 Å². The van der Waals surface area contributed by atoms with Crippen molar-refractivity contribution in [3.8, 4) is 11.5 Å². The van der Waals surface area contributed by atoms with E-state index < -0.39 is 16.0 Å². The highest BCUT2D eigenvalue weighted by Gasteiger charge is 2.31. The van der Waals surface area contributed by atoms with Crippen molar-refractivity contribution in [3.05, 3.63) is 17.7 Å². The highest BCUT2D eigenvalue weighted by Crippen LogP contribution is 2.35. The van der Waals surface area contributed by atoms with E-state index in [-0.39, 0.29) is 22.0 Å². The maximum Gasteiger partial charge on any atom is 0.341 e. The average molecular weight is 343 g/mol. The Labute approximate surface area is 136 Å². The Morgan fingerprint density at radius 3 is 2.13 bits per heavy atom. The number of benzene rings is 1. The van der Waals surface area contributed by atoms with Gasteiger partial charge in [0.2, 0.25) is 10.0 Å². The van der Waals surface area contributed by atoms with Gasteiger partial charge in [-0.3, -0.25) is 0 Å². The molecule has 0 radical (unpaired) electrons. The van der Waals surface area contributed by atoms with Crippen LogP contribution in [0.4, 0.5) is 0 Å². The van der Waals surface area contributed by atoms with Gasteiger partial charge in [-0.15, -0.1) is 0 Å². The summed E-state index contributed by atoms with van der Waals surface area (Å²) in [6.45, 7) is 0.957. The fraction of sp³-hybridized carbons (Fsp3) is 0.533. The molecule has 0 aromatic heterocycles. The highest BCUT2D eigenvalue weighted by molar-refractivity contribution is 7.89. The van der Waals surface area contributed by atoms with Crippen molar-refractivity contribution in [1.29, 1.82) is 0 Å². The van der Waals surface area contributed by atoms with Crippen LogP contribution in [0.5, 0.6) is 11.5 Å². The van der Waals surface area contributed by atoms with Crippen molar-refractivity contribution in [2.45, 2.75) is 24.2 Å². The molecule has 1 aliphatic rings. The molecule has 0 unspecified atom stereocenters. The minimum Gasteiger partial charge on any atom is -0.496 e. The highest BCUT2D eigenvalue weighted by atomic mass is 32.2. The van der Waals surface area contributed by atoms with E-state index in [1.165, 1.54) is 37.8 Å². The van der Waals surface area contributed by atoms with Gasteiger partial charge >= 0.3 is 5.97 Å². The van der Waals surface area contributed by atoms with E-state index in [9.17, 15) is 13.2 Å². The third-order valence-electron chi connectivity index (χ3n) is 3.82. The summed E-state index contributed by atoms with van der Waals surface area (Å²) in [5.41, 5.74) is 0.115. The number of carbonyl (C=O) groups excluding carboxylic acids is 1. The van der Waals surface area contributed by atoms with E-state index in [0.717, 1.165) is 19.3 Å². The molecule has 23 heavy (non-hydrogen) atoms. The number of methoxy groups -OCH3 is 3. The van der Waals surface area contributed by atoms with E-state index in [2.05, 4.69) is 4.74 Å². The normalized spacial score (nSPS) is 16.0. The van der Waals surface area contributed by atoms with Crippen molar-refractivity contribution in [1.82, 2.24) is 4.31 Å². The van der Waals surface area contributed by atoms with Crippen molar-refractivity contribution >= 4 is 16.0 Å². The summed E-state index contributed by atoms with van der Waals surface area (Å²) < 4.78 is 42.2. The van der Waals surface area contributed by atoms with Crippen molar-refractivity contribution in [3.63, 3.8) is 0 Å². The first-order chi connectivity index (χ1) is 11.0. The topological polar surface area (TPSA) is 82.1 Å². The number of ether oxygens (including phenoxy) is 3. The molecule has 0 atom stereocenters. The number of rotatable bonds is 5. The Morgan fingerprint density at radius 1 is 1.00 bits per heavy atom. The van der Waals surface area contributed by atoms with Crippen LogP contribution >= 0.6 is 0 Å². The summed E-state index contributed by atoms with van der Waals surface area (Å²) in [5.74, 6) is -0.396. The van der Waals surface area contributed by atoms with E-state index in [1.54, 1.807) is 0 Å². The van der Waals surface area contributed by atoms with Gasteiger partial charge in [-0.1, -0.05) is 6.42 Å². The summed E-state index contributed by atoms with van der Waals surface area (Å²) in [7, 11) is 0.258. The Kier molecular flexibility index (Phi) is 5.48. The van der Waals surface area contributed by atoms with Gasteiger partial charge in [-0.25, -0.2) is 13.2 Å². The quantitative estimate of drug-likeness (QED) is 0.756. The number of piperidine rings is 1. The lowest BCUT2D eigenvalue weighted by atomic mass is 10.2. The second-order valence-electron chi connectivity index (χ2n) is 5.16. The monoisotopic (exact) mass is 343 g/mol. The maximum absolute atomic E-state index is 12.9. The molecule has 2 rings (SSSR count). The third kappa shape index (κ3) is 3.42. The molecule has 1 aliphatic heterocycles. The number of sulfonamides is 1. The van der Waals surface area contributed by atoms with Crippen LogP contribution in [0.2, 0.25) is 0 Å². The van der Waals surface area contributed by atoms with Crippen LogP contribution in [0.25, 0.3) is 0 Å². The second kappa shape index (κ2) is 7.18. The first kappa shape index (κ1) is 17.6. The summed E-state index contributed by atoms with van der Waals surface area (Å²) in [5, 5.41) is 0. The van der Waals surface area contributed by atoms with Gasteiger partial charge in [-0.2, -0.15) is 4.31 Å². The zero-order valence-electron chi connectivity index (χ0n) is 13.5. The predicted molar refractivity (Wildman–Crippen MR) is 83.5 cm³/mol. The predicted octanol–water partition coefficient (Wildman–Crippen LogP) is 1.66.